The van der Waals surface area contributed by atoms with E-state index in [1.54, 1.807) is 6.20 Å². The SMILES string of the molecule is CC(O)C1CCN(C(C)C(=O)Nc2cccc3ncccc23)CC1. The average Bonchev–Trinajstić information content (AvgIpc) is 2.61. The van der Waals surface area contributed by atoms with Crippen LogP contribution in [0.5, 0.6) is 0 Å². The molecule has 5 nitrogen and oxygen atoms in total. The molecule has 128 valence electrons. The number of carbonyl (C=O) groups excluding carboxylic acids is 1. The summed E-state index contributed by atoms with van der Waals surface area (Å²) in [5.41, 5.74) is 1.68. The summed E-state index contributed by atoms with van der Waals surface area (Å²) in [5, 5.41) is 13.7. The van der Waals surface area contributed by atoms with Gasteiger partial charge >= 0.3 is 0 Å². The molecule has 2 heterocycles. The number of carbonyl (C=O) groups is 1. The van der Waals surface area contributed by atoms with Gasteiger partial charge in [0.25, 0.3) is 0 Å². The summed E-state index contributed by atoms with van der Waals surface area (Å²) in [5.74, 6) is 0.350. The van der Waals surface area contributed by atoms with Crippen molar-refractivity contribution < 1.29 is 9.90 Å². The van der Waals surface area contributed by atoms with Gasteiger partial charge in [0, 0.05) is 11.6 Å². The molecule has 1 aromatic carbocycles. The molecule has 0 radical (unpaired) electrons. The largest absolute Gasteiger partial charge is 0.393 e. The van der Waals surface area contributed by atoms with Crippen LogP contribution in [-0.4, -0.2) is 46.1 Å². The average molecular weight is 327 g/mol. The third-order valence-electron chi connectivity index (χ3n) is 5.09. The first kappa shape index (κ1) is 16.9. The Bertz CT molecular complexity index is 703. The lowest BCUT2D eigenvalue weighted by molar-refractivity contribution is -0.121. The van der Waals surface area contributed by atoms with Crippen LogP contribution >= 0.6 is 0 Å². The zero-order valence-electron chi connectivity index (χ0n) is 14.3. The molecule has 2 aromatic rings. The maximum atomic E-state index is 12.6. The van der Waals surface area contributed by atoms with Crippen molar-refractivity contribution in [3.63, 3.8) is 0 Å². The highest BCUT2D eigenvalue weighted by Crippen LogP contribution is 2.24. The lowest BCUT2D eigenvalue weighted by atomic mass is 9.91. The van der Waals surface area contributed by atoms with Crippen molar-refractivity contribution in [1.29, 1.82) is 0 Å². The molecule has 1 aliphatic heterocycles. The Morgan fingerprint density at radius 2 is 2.00 bits per heavy atom. The van der Waals surface area contributed by atoms with Gasteiger partial charge in [-0.15, -0.1) is 0 Å². The van der Waals surface area contributed by atoms with E-state index in [1.807, 2.05) is 44.2 Å². The number of piperidine rings is 1. The summed E-state index contributed by atoms with van der Waals surface area (Å²) in [6.07, 6.45) is 3.36. The quantitative estimate of drug-likeness (QED) is 0.906. The Morgan fingerprint density at radius 3 is 2.71 bits per heavy atom. The number of likely N-dealkylation sites (tertiary alicyclic amines) is 1. The number of anilines is 1. The van der Waals surface area contributed by atoms with Crippen molar-refractivity contribution in [2.75, 3.05) is 18.4 Å². The van der Waals surface area contributed by atoms with Crippen LogP contribution in [0.15, 0.2) is 36.5 Å². The smallest absolute Gasteiger partial charge is 0.241 e. The van der Waals surface area contributed by atoms with Crippen LogP contribution in [-0.2, 0) is 4.79 Å². The number of hydrogen-bond donors (Lipinski definition) is 2. The molecule has 2 N–H and O–H groups in total. The zero-order valence-corrected chi connectivity index (χ0v) is 14.3. The van der Waals surface area contributed by atoms with Crippen LogP contribution in [0.25, 0.3) is 10.9 Å². The molecule has 24 heavy (non-hydrogen) atoms. The monoisotopic (exact) mass is 327 g/mol. The summed E-state index contributed by atoms with van der Waals surface area (Å²) < 4.78 is 0. The van der Waals surface area contributed by atoms with Gasteiger partial charge in [0.05, 0.1) is 23.3 Å². The standard InChI is InChI=1S/C19H25N3O2/c1-13(22-11-8-15(9-12-22)14(2)23)19(24)21-18-7-3-6-17-16(18)5-4-10-20-17/h3-7,10,13-15,23H,8-9,11-12H2,1-2H3,(H,21,24). The van der Waals surface area contributed by atoms with Crippen LogP contribution in [0, 0.1) is 5.92 Å². The van der Waals surface area contributed by atoms with Crippen molar-refractivity contribution >= 4 is 22.5 Å². The van der Waals surface area contributed by atoms with E-state index >= 15 is 0 Å². The minimum absolute atomic E-state index is 0.00171. The molecule has 0 spiro atoms. The van der Waals surface area contributed by atoms with Crippen molar-refractivity contribution in [1.82, 2.24) is 9.88 Å². The number of benzene rings is 1. The number of pyridine rings is 1. The third kappa shape index (κ3) is 3.57. The summed E-state index contributed by atoms with van der Waals surface area (Å²) in [6, 6.07) is 9.42. The molecule has 1 aromatic heterocycles. The van der Waals surface area contributed by atoms with Crippen molar-refractivity contribution in [2.45, 2.75) is 38.8 Å². The van der Waals surface area contributed by atoms with E-state index < -0.39 is 0 Å². The van der Waals surface area contributed by atoms with E-state index in [9.17, 15) is 9.90 Å². The Balaban J connectivity index is 1.66. The first-order valence-electron chi connectivity index (χ1n) is 8.63. The highest BCUT2D eigenvalue weighted by atomic mass is 16.3. The fraction of sp³-hybridized carbons (Fsp3) is 0.474. The Labute approximate surface area is 142 Å². The van der Waals surface area contributed by atoms with Gasteiger partial charge in [-0.1, -0.05) is 6.07 Å². The predicted molar refractivity (Wildman–Crippen MR) is 95.8 cm³/mol. The van der Waals surface area contributed by atoms with E-state index in [-0.39, 0.29) is 18.1 Å². The molecular weight excluding hydrogens is 302 g/mol. The number of fused-ring (bicyclic) bond motifs is 1. The molecule has 2 atom stereocenters. The summed E-state index contributed by atoms with van der Waals surface area (Å²) in [7, 11) is 0. The highest BCUT2D eigenvalue weighted by molar-refractivity contribution is 6.02. The fourth-order valence-corrected chi connectivity index (χ4v) is 3.40. The van der Waals surface area contributed by atoms with Gasteiger partial charge in [-0.3, -0.25) is 14.7 Å². The van der Waals surface area contributed by atoms with E-state index in [0.29, 0.717) is 5.92 Å². The Morgan fingerprint density at radius 1 is 1.25 bits per heavy atom. The van der Waals surface area contributed by atoms with Gasteiger partial charge < -0.3 is 10.4 Å². The highest BCUT2D eigenvalue weighted by Gasteiger charge is 2.28. The second-order valence-electron chi connectivity index (χ2n) is 6.65. The number of nitrogens with one attached hydrogen (secondary N) is 1. The summed E-state index contributed by atoms with van der Waals surface area (Å²) in [4.78, 5) is 19.2. The molecule has 2 unspecified atom stereocenters. The number of rotatable bonds is 4. The molecule has 1 saturated heterocycles. The third-order valence-corrected chi connectivity index (χ3v) is 5.09. The van der Waals surface area contributed by atoms with E-state index in [0.717, 1.165) is 42.5 Å². The van der Waals surface area contributed by atoms with Crippen LogP contribution in [0.3, 0.4) is 0 Å². The van der Waals surface area contributed by atoms with Gasteiger partial charge in [-0.05, 0) is 70.0 Å². The van der Waals surface area contributed by atoms with E-state index in [2.05, 4.69) is 15.2 Å². The predicted octanol–water partition coefficient (Wildman–Crippen LogP) is 2.65. The number of hydrogen-bond acceptors (Lipinski definition) is 4. The van der Waals surface area contributed by atoms with Crippen LogP contribution in [0.1, 0.15) is 26.7 Å². The second-order valence-corrected chi connectivity index (χ2v) is 6.65. The minimum atomic E-state index is -0.264. The zero-order chi connectivity index (χ0) is 17.1. The van der Waals surface area contributed by atoms with E-state index in [1.165, 1.54) is 0 Å². The van der Waals surface area contributed by atoms with Gasteiger partial charge in [0.1, 0.15) is 0 Å². The first-order chi connectivity index (χ1) is 11.6. The molecule has 1 fully saturated rings. The number of aromatic nitrogens is 1. The number of amides is 1. The van der Waals surface area contributed by atoms with E-state index in [4.69, 9.17) is 0 Å². The molecule has 1 aliphatic rings. The van der Waals surface area contributed by atoms with Crippen LogP contribution < -0.4 is 5.32 Å². The molecule has 0 saturated carbocycles. The topological polar surface area (TPSA) is 65.5 Å². The van der Waals surface area contributed by atoms with Crippen LogP contribution in [0.4, 0.5) is 5.69 Å². The number of aliphatic hydroxyl groups is 1. The maximum Gasteiger partial charge on any atom is 0.241 e. The minimum Gasteiger partial charge on any atom is -0.393 e. The Kier molecular flexibility index (Phi) is 5.11. The second kappa shape index (κ2) is 7.28. The molecule has 5 heteroatoms. The first-order valence-corrected chi connectivity index (χ1v) is 8.63. The summed E-state index contributed by atoms with van der Waals surface area (Å²) in [6.45, 7) is 5.49. The fourth-order valence-electron chi connectivity index (χ4n) is 3.40. The molecule has 0 bridgehead atoms. The van der Waals surface area contributed by atoms with Gasteiger partial charge in [-0.2, -0.15) is 0 Å². The van der Waals surface area contributed by atoms with Crippen molar-refractivity contribution in [3.05, 3.63) is 36.5 Å². The molecular formula is C19H25N3O2. The lowest BCUT2D eigenvalue weighted by Crippen LogP contribution is -2.47. The summed E-state index contributed by atoms with van der Waals surface area (Å²) >= 11 is 0. The molecule has 3 rings (SSSR count). The lowest BCUT2D eigenvalue weighted by Gasteiger charge is -2.36. The normalized spacial score (nSPS) is 19.1. The molecule has 1 amide bonds. The number of nitrogens with zero attached hydrogens (tertiary/aromatic N) is 2. The van der Waals surface area contributed by atoms with Gasteiger partial charge in [0.15, 0.2) is 0 Å². The van der Waals surface area contributed by atoms with Crippen LogP contribution in [0.2, 0.25) is 0 Å². The maximum absolute atomic E-state index is 12.6. The Hall–Kier alpha value is -1.98. The van der Waals surface area contributed by atoms with Gasteiger partial charge in [-0.25, -0.2) is 0 Å². The van der Waals surface area contributed by atoms with Crippen molar-refractivity contribution in [3.8, 4) is 0 Å². The van der Waals surface area contributed by atoms with Gasteiger partial charge in [0.2, 0.25) is 5.91 Å². The molecule has 0 aliphatic carbocycles. The number of aliphatic hydroxyl groups excluding tert-OH is 1. The van der Waals surface area contributed by atoms with Crippen molar-refractivity contribution in [2.24, 2.45) is 5.92 Å².